The molecule has 3 rings (SSSR count). The van der Waals surface area contributed by atoms with E-state index in [1.54, 1.807) is 0 Å². The molecular formula is C28H40. The molecule has 0 heteroatoms. The second-order valence-electron chi connectivity index (χ2n) is 9.30. The van der Waals surface area contributed by atoms with E-state index in [1.165, 1.54) is 82.6 Å². The topological polar surface area (TPSA) is 0 Å². The van der Waals surface area contributed by atoms with Gasteiger partial charge < -0.3 is 0 Å². The minimum Gasteiger partial charge on any atom is -0.0730 e. The van der Waals surface area contributed by atoms with Crippen LogP contribution in [0.4, 0.5) is 0 Å². The van der Waals surface area contributed by atoms with E-state index in [0.29, 0.717) is 0 Å². The zero-order valence-corrected chi connectivity index (χ0v) is 18.3. The van der Waals surface area contributed by atoms with Gasteiger partial charge in [-0.3, -0.25) is 0 Å². The molecule has 2 saturated carbocycles. The van der Waals surface area contributed by atoms with E-state index >= 15 is 0 Å². The maximum atomic E-state index is 3.33. The van der Waals surface area contributed by atoms with Crippen molar-refractivity contribution in [2.75, 3.05) is 0 Å². The smallest absolute Gasteiger partial charge is 0.0249 e. The van der Waals surface area contributed by atoms with Crippen LogP contribution in [0.2, 0.25) is 0 Å². The van der Waals surface area contributed by atoms with Gasteiger partial charge in [0.1, 0.15) is 0 Å². The van der Waals surface area contributed by atoms with Crippen LogP contribution >= 0.6 is 0 Å². The van der Waals surface area contributed by atoms with Crippen molar-refractivity contribution in [3.63, 3.8) is 0 Å². The Morgan fingerprint density at radius 2 is 1.54 bits per heavy atom. The first-order chi connectivity index (χ1) is 13.8. The Balaban J connectivity index is 1.43. The second kappa shape index (κ2) is 11.5. The molecule has 152 valence electrons. The molecule has 0 unspecified atom stereocenters. The highest BCUT2D eigenvalue weighted by atomic mass is 14.3. The molecule has 0 aromatic heterocycles. The molecule has 0 amide bonds. The molecule has 0 aliphatic heterocycles. The van der Waals surface area contributed by atoms with Crippen LogP contribution in [0.25, 0.3) is 0 Å². The number of rotatable bonds is 6. The van der Waals surface area contributed by atoms with E-state index in [9.17, 15) is 0 Å². The predicted octanol–water partition coefficient (Wildman–Crippen LogP) is 8.27. The molecule has 1 aromatic carbocycles. The summed E-state index contributed by atoms with van der Waals surface area (Å²) >= 11 is 0. The molecule has 28 heavy (non-hydrogen) atoms. The lowest BCUT2D eigenvalue weighted by Crippen LogP contribution is -2.12. The molecule has 0 atom stereocenters. The largest absolute Gasteiger partial charge is 0.0730 e. The van der Waals surface area contributed by atoms with Crippen LogP contribution in [0.15, 0.2) is 36.4 Å². The maximum Gasteiger partial charge on any atom is 0.0249 e. The summed E-state index contributed by atoms with van der Waals surface area (Å²) in [6.45, 7) is 4.64. The van der Waals surface area contributed by atoms with Gasteiger partial charge >= 0.3 is 0 Å². The van der Waals surface area contributed by atoms with Crippen molar-refractivity contribution in [1.29, 1.82) is 0 Å². The van der Waals surface area contributed by atoms with Crippen LogP contribution < -0.4 is 0 Å². The van der Waals surface area contributed by atoms with Crippen molar-refractivity contribution < 1.29 is 0 Å². The first-order valence-corrected chi connectivity index (χ1v) is 12.1. The highest BCUT2D eigenvalue weighted by Crippen LogP contribution is 2.37. The van der Waals surface area contributed by atoms with Crippen molar-refractivity contribution in [3.8, 4) is 11.8 Å². The van der Waals surface area contributed by atoms with Gasteiger partial charge in [-0.05, 0) is 98.8 Å². The summed E-state index contributed by atoms with van der Waals surface area (Å²) in [6, 6.07) is 9.09. The van der Waals surface area contributed by atoms with E-state index in [-0.39, 0.29) is 0 Å². The Morgan fingerprint density at radius 1 is 0.857 bits per heavy atom. The minimum atomic E-state index is 0.757. The molecule has 0 N–H and O–H groups in total. The van der Waals surface area contributed by atoms with Crippen molar-refractivity contribution in [2.45, 2.75) is 96.8 Å². The fourth-order valence-corrected chi connectivity index (χ4v) is 5.21. The summed E-state index contributed by atoms with van der Waals surface area (Å²) in [4.78, 5) is 0. The van der Waals surface area contributed by atoms with Gasteiger partial charge in [0.25, 0.3) is 0 Å². The Bertz CT molecular complexity index is 638. The minimum absolute atomic E-state index is 0.757. The fourth-order valence-electron chi connectivity index (χ4n) is 5.21. The molecular weight excluding hydrogens is 336 g/mol. The maximum absolute atomic E-state index is 3.33. The van der Waals surface area contributed by atoms with Gasteiger partial charge in [0.2, 0.25) is 0 Å². The Kier molecular flexibility index (Phi) is 8.72. The molecule has 2 fully saturated rings. The third-order valence-corrected chi connectivity index (χ3v) is 7.33. The quantitative estimate of drug-likeness (QED) is 0.438. The molecule has 0 nitrogen and oxygen atoms in total. The first kappa shape index (κ1) is 21.2. The van der Waals surface area contributed by atoms with Crippen LogP contribution in [-0.2, 0) is 0 Å². The normalized spacial score (nSPS) is 28.1. The summed E-state index contributed by atoms with van der Waals surface area (Å²) in [5.41, 5.74) is 2.68. The zero-order chi connectivity index (χ0) is 19.6. The Morgan fingerprint density at radius 3 is 2.18 bits per heavy atom. The Hall–Kier alpha value is -1.48. The van der Waals surface area contributed by atoms with Crippen LogP contribution in [0.3, 0.4) is 0 Å². The number of unbranched alkanes of at least 4 members (excludes halogenated alkanes) is 1. The molecule has 1 aromatic rings. The van der Waals surface area contributed by atoms with E-state index in [0.717, 1.165) is 29.2 Å². The van der Waals surface area contributed by atoms with E-state index < -0.39 is 0 Å². The lowest BCUT2D eigenvalue weighted by molar-refractivity contribution is 0.291. The van der Waals surface area contributed by atoms with Gasteiger partial charge in [-0.25, -0.2) is 0 Å². The Labute approximate surface area is 174 Å². The summed E-state index contributed by atoms with van der Waals surface area (Å²) < 4.78 is 0. The van der Waals surface area contributed by atoms with Crippen LogP contribution in [0, 0.1) is 29.6 Å². The monoisotopic (exact) mass is 376 g/mol. The number of hydrogen-bond acceptors (Lipinski definition) is 0. The van der Waals surface area contributed by atoms with E-state index in [2.05, 4.69) is 62.1 Å². The molecule has 0 bridgehead atoms. The van der Waals surface area contributed by atoms with E-state index in [1.807, 2.05) is 0 Å². The van der Waals surface area contributed by atoms with Crippen LogP contribution in [-0.4, -0.2) is 0 Å². The van der Waals surface area contributed by atoms with Crippen LogP contribution in [0.5, 0.6) is 0 Å². The fraction of sp³-hybridized carbons (Fsp3) is 0.643. The van der Waals surface area contributed by atoms with Gasteiger partial charge in [-0.15, -0.1) is 0 Å². The van der Waals surface area contributed by atoms with E-state index in [4.69, 9.17) is 0 Å². The summed E-state index contributed by atoms with van der Waals surface area (Å²) in [7, 11) is 0. The van der Waals surface area contributed by atoms with Crippen molar-refractivity contribution in [3.05, 3.63) is 47.5 Å². The van der Waals surface area contributed by atoms with Crippen molar-refractivity contribution in [1.82, 2.24) is 0 Å². The SMILES string of the molecule is CCCCC1CCC(C=CC#Cc2ccc(C3CCC(CC)CC3)cc2)CC1. The van der Waals surface area contributed by atoms with Gasteiger partial charge in [-0.2, -0.15) is 0 Å². The lowest BCUT2D eigenvalue weighted by atomic mass is 9.78. The van der Waals surface area contributed by atoms with Crippen LogP contribution in [0.1, 0.15) is 108 Å². The standard InChI is InChI=1S/C28H40/c1-3-5-8-24-11-13-25(14-12-24)9-6-7-10-26-17-21-28(22-18-26)27-19-15-23(4-2)16-20-27/h6,9,17-18,21-25,27H,3-5,8,11-16,19-20H2,1-2H3. The first-order valence-electron chi connectivity index (χ1n) is 12.1. The van der Waals surface area contributed by atoms with Gasteiger partial charge in [0.15, 0.2) is 0 Å². The summed E-state index contributed by atoms with van der Waals surface area (Å²) in [5.74, 6) is 10.1. The average molecular weight is 377 g/mol. The van der Waals surface area contributed by atoms with Crippen molar-refractivity contribution >= 4 is 0 Å². The number of allylic oxidation sites excluding steroid dienone is 2. The zero-order valence-electron chi connectivity index (χ0n) is 18.3. The number of benzene rings is 1. The third kappa shape index (κ3) is 6.55. The van der Waals surface area contributed by atoms with Gasteiger partial charge in [-0.1, -0.05) is 69.6 Å². The van der Waals surface area contributed by atoms with Crippen molar-refractivity contribution in [2.24, 2.45) is 17.8 Å². The summed E-state index contributed by atoms with van der Waals surface area (Å²) in [5, 5.41) is 0. The third-order valence-electron chi connectivity index (χ3n) is 7.33. The number of hydrogen-bond donors (Lipinski definition) is 0. The van der Waals surface area contributed by atoms with Gasteiger partial charge in [0, 0.05) is 5.56 Å². The highest BCUT2D eigenvalue weighted by molar-refractivity contribution is 5.39. The lowest BCUT2D eigenvalue weighted by Gasteiger charge is -2.28. The molecule has 2 aliphatic rings. The molecule has 0 radical (unpaired) electrons. The second-order valence-corrected chi connectivity index (χ2v) is 9.30. The summed E-state index contributed by atoms with van der Waals surface area (Å²) in [6.07, 6.45) is 21.2. The average Bonchev–Trinajstić information content (AvgIpc) is 2.76. The molecule has 0 heterocycles. The molecule has 0 saturated heterocycles. The van der Waals surface area contributed by atoms with Gasteiger partial charge in [0.05, 0.1) is 0 Å². The highest BCUT2D eigenvalue weighted by Gasteiger charge is 2.21. The molecule has 2 aliphatic carbocycles. The predicted molar refractivity (Wildman–Crippen MR) is 122 cm³/mol. The molecule has 0 spiro atoms.